The van der Waals surface area contributed by atoms with E-state index in [2.05, 4.69) is 29.2 Å². The standard InChI is InChI=1S/C13H18BNO2/c1-2-6-13(14-16-9-10-17-14)12(5-1)11-15-7-3-4-8-15/h1-2,5-6H,3-4,7-11H2. The highest BCUT2D eigenvalue weighted by Crippen LogP contribution is 2.13. The fourth-order valence-electron chi connectivity index (χ4n) is 2.63. The molecule has 0 bridgehead atoms. The Morgan fingerprint density at radius 2 is 1.76 bits per heavy atom. The molecule has 3 rings (SSSR count). The first-order chi connectivity index (χ1) is 8.43. The van der Waals surface area contributed by atoms with Crippen LogP contribution in [0.5, 0.6) is 0 Å². The van der Waals surface area contributed by atoms with Crippen LogP contribution in [0.4, 0.5) is 0 Å². The van der Waals surface area contributed by atoms with E-state index in [1.54, 1.807) is 0 Å². The van der Waals surface area contributed by atoms with Gasteiger partial charge in [-0.25, -0.2) is 0 Å². The van der Waals surface area contributed by atoms with E-state index in [1.807, 2.05) is 0 Å². The van der Waals surface area contributed by atoms with Gasteiger partial charge in [0.05, 0.1) is 13.2 Å². The Hall–Kier alpha value is -0.835. The fraction of sp³-hybridized carbons (Fsp3) is 0.538. The fourth-order valence-corrected chi connectivity index (χ4v) is 2.63. The van der Waals surface area contributed by atoms with Crippen LogP contribution in [0.3, 0.4) is 0 Å². The summed E-state index contributed by atoms with van der Waals surface area (Å²) in [6.07, 6.45) is 2.66. The largest absolute Gasteiger partial charge is 0.494 e. The summed E-state index contributed by atoms with van der Waals surface area (Å²) in [7, 11) is -0.145. The summed E-state index contributed by atoms with van der Waals surface area (Å²) in [5.74, 6) is 0. The molecule has 2 fully saturated rings. The molecule has 0 unspecified atom stereocenters. The summed E-state index contributed by atoms with van der Waals surface area (Å²) in [6, 6.07) is 8.48. The first kappa shape index (κ1) is 11.3. The molecule has 0 radical (unpaired) electrons. The van der Waals surface area contributed by atoms with Crippen LogP contribution in [0.25, 0.3) is 0 Å². The topological polar surface area (TPSA) is 21.7 Å². The molecular weight excluding hydrogens is 213 g/mol. The van der Waals surface area contributed by atoms with Crippen molar-refractivity contribution in [1.29, 1.82) is 0 Å². The minimum Gasteiger partial charge on any atom is -0.405 e. The molecule has 2 heterocycles. The Kier molecular flexibility index (Phi) is 3.45. The summed E-state index contributed by atoms with van der Waals surface area (Å²) >= 11 is 0. The molecule has 0 saturated carbocycles. The second-order valence-electron chi connectivity index (χ2n) is 4.76. The zero-order chi connectivity index (χ0) is 11.5. The second kappa shape index (κ2) is 5.21. The van der Waals surface area contributed by atoms with Crippen LogP contribution in [-0.4, -0.2) is 38.3 Å². The van der Waals surface area contributed by atoms with E-state index in [0.717, 1.165) is 6.54 Å². The maximum Gasteiger partial charge on any atom is 0.494 e. The number of rotatable bonds is 3. The van der Waals surface area contributed by atoms with Crippen molar-refractivity contribution in [1.82, 2.24) is 4.90 Å². The molecule has 0 aromatic heterocycles. The zero-order valence-corrected chi connectivity index (χ0v) is 10.1. The van der Waals surface area contributed by atoms with Crippen molar-refractivity contribution in [3.8, 4) is 0 Å². The van der Waals surface area contributed by atoms with Gasteiger partial charge in [-0.2, -0.15) is 0 Å². The molecule has 0 spiro atoms. The number of nitrogens with zero attached hydrogens (tertiary/aromatic N) is 1. The number of benzene rings is 1. The van der Waals surface area contributed by atoms with E-state index >= 15 is 0 Å². The van der Waals surface area contributed by atoms with E-state index in [9.17, 15) is 0 Å². The van der Waals surface area contributed by atoms with E-state index < -0.39 is 0 Å². The van der Waals surface area contributed by atoms with Gasteiger partial charge in [-0.05, 0) is 37.0 Å². The predicted molar refractivity (Wildman–Crippen MR) is 68.2 cm³/mol. The third kappa shape index (κ3) is 2.54. The molecule has 17 heavy (non-hydrogen) atoms. The summed E-state index contributed by atoms with van der Waals surface area (Å²) < 4.78 is 11.2. The molecule has 0 aliphatic carbocycles. The van der Waals surface area contributed by atoms with Crippen LogP contribution in [-0.2, 0) is 15.9 Å². The van der Waals surface area contributed by atoms with E-state index in [0.29, 0.717) is 13.2 Å². The van der Waals surface area contributed by atoms with E-state index in [4.69, 9.17) is 9.31 Å². The van der Waals surface area contributed by atoms with Crippen molar-refractivity contribution in [2.75, 3.05) is 26.3 Å². The van der Waals surface area contributed by atoms with Crippen molar-refractivity contribution < 1.29 is 9.31 Å². The van der Waals surface area contributed by atoms with Gasteiger partial charge in [-0.3, -0.25) is 4.90 Å². The Morgan fingerprint density at radius 3 is 2.53 bits per heavy atom. The van der Waals surface area contributed by atoms with Gasteiger partial charge in [0, 0.05) is 6.54 Å². The molecule has 1 aromatic carbocycles. The molecule has 0 N–H and O–H groups in total. The summed E-state index contributed by atoms with van der Waals surface area (Å²) in [5, 5.41) is 0. The molecule has 2 aliphatic rings. The number of hydrogen-bond donors (Lipinski definition) is 0. The quantitative estimate of drug-likeness (QED) is 0.725. The van der Waals surface area contributed by atoms with Gasteiger partial charge < -0.3 is 9.31 Å². The van der Waals surface area contributed by atoms with Gasteiger partial charge >= 0.3 is 7.12 Å². The minimum absolute atomic E-state index is 0.145. The molecule has 0 atom stereocenters. The zero-order valence-electron chi connectivity index (χ0n) is 10.1. The van der Waals surface area contributed by atoms with Gasteiger partial charge in [-0.1, -0.05) is 24.3 Å². The van der Waals surface area contributed by atoms with Crippen molar-refractivity contribution in [3.05, 3.63) is 29.8 Å². The van der Waals surface area contributed by atoms with Crippen molar-refractivity contribution in [3.63, 3.8) is 0 Å². The second-order valence-corrected chi connectivity index (χ2v) is 4.76. The maximum atomic E-state index is 5.60. The van der Waals surface area contributed by atoms with Gasteiger partial charge in [0.25, 0.3) is 0 Å². The first-order valence-corrected chi connectivity index (χ1v) is 6.47. The Balaban J connectivity index is 1.77. The highest BCUT2D eigenvalue weighted by Gasteiger charge is 2.28. The van der Waals surface area contributed by atoms with Crippen LogP contribution in [0.1, 0.15) is 18.4 Å². The molecule has 3 nitrogen and oxygen atoms in total. The lowest BCUT2D eigenvalue weighted by molar-refractivity contribution is 0.331. The molecular formula is C13H18BNO2. The SMILES string of the molecule is c1ccc(B2OCCO2)c(CN2CCCC2)c1. The van der Waals surface area contributed by atoms with Gasteiger partial charge in [0.15, 0.2) is 0 Å². The highest BCUT2D eigenvalue weighted by atomic mass is 16.6. The number of likely N-dealkylation sites (tertiary alicyclic amines) is 1. The van der Waals surface area contributed by atoms with Crippen LogP contribution >= 0.6 is 0 Å². The predicted octanol–water partition coefficient (Wildman–Crippen LogP) is 1.02. The van der Waals surface area contributed by atoms with Gasteiger partial charge in [0.2, 0.25) is 0 Å². The normalized spacial score (nSPS) is 21.3. The van der Waals surface area contributed by atoms with Crippen LogP contribution in [0.2, 0.25) is 0 Å². The average Bonchev–Trinajstić information content (AvgIpc) is 3.01. The summed E-state index contributed by atoms with van der Waals surface area (Å²) in [6.45, 7) is 4.90. The molecule has 0 amide bonds. The van der Waals surface area contributed by atoms with Gasteiger partial charge in [-0.15, -0.1) is 0 Å². The van der Waals surface area contributed by atoms with Gasteiger partial charge in [0.1, 0.15) is 0 Å². The number of hydrogen-bond acceptors (Lipinski definition) is 3. The Labute approximate surface area is 103 Å². The smallest absolute Gasteiger partial charge is 0.405 e. The molecule has 2 saturated heterocycles. The first-order valence-electron chi connectivity index (χ1n) is 6.47. The Bertz CT molecular complexity index is 373. The summed E-state index contributed by atoms with van der Waals surface area (Å²) in [5.41, 5.74) is 2.55. The monoisotopic (exact) mass is 231 g/mol. The van der Waals surface area contributed by atoms with Crippen LogP contribution in [0.15, 0.2) is 24.3 Å². The van der Waals surface area contributed by atoms with Crippen molar-refractivity contribution in [2.45, 2.75) is 19.4 Å². The lowest BCUT2D eigenvalue weighted by Crippen LogP contribution is -2.36. The maximum absolute atomic E-state index is 5.60. The lowest BCUT2D eigenvalue weighted by Gasteiger charge is -2.18. The lowest BCUT2D eigenvalue weighted by atomic mass is 9.76. The molecule has 2 aliphatic heterocycles. The van der Waals surface area contributed by atoms with E-state index in [-0.39, 0.29) is 7.12 Å². The summed E-state index contributed by atoms with van der Waals surface area (Å²) in [4.78, 5) is 2.51. The Morgan fingerprint density at radius 1 is 1.06 bits per heavy atom. The molecule has 90 valence electrons. The molecule has 1 aromatic rings. The average molecular weight is 231 g/mol. The van der Waals surface area contributed by atoms with Crippen LogP contribution < -0.4 is 5.46 Å². The molecule has 4 heteroatoms. The van der Waals surface area contributed by atoms with Crippen LogP contribution in [0, 0.1) is 0 Å². The third-order valence-electron chi connectivity index (χ3n) is 3.52. The third-order valence-corrected chi connectivity index (χ3v) is 3.52. The van der Waals surface area contributed by atoms with Crippen molar-refractivity contribution >= 4 is 12.6 Å². The highest BCUT2D eigenvalue weighted by molar-refractivity contribution is 6.62. The van der Waals surface area contributed by atoms with Crippen molar-refractivity contribution in [2.24, 2.45) is 0 Å². The minimum atomic E-state index is -0.145. The van der Waals surface area contributed by atoms with E-state index in [1.165, 1.54) is 37.0 Å².